The van der Waals surface area contributed by atoms with E-state index in [2.05, 4.69) is 64.4 Å². The number of urea groups is 1. The molecule has 0 bridgehead atoms. The Hall–Kier alpha value is -2.98. The summed E-state index contributed by atoms with van der Waals surface area (Å²) in [7, 11) is 2.12. The van der Waals surface area contributed by atoms with Gasteiger partial charge in [-0.3, -0.25) is 4.57 Å². The third-order valence-corrected chi connectivity index (χ3v) is 6.94. The number of imidazole rings is 1. The summed E-state index contributed by atoms with van der Waals surface area (Å²) in [5.74, 6) is 0.387. The first-order valence-electron chi connectivity index (χ1n) is 12.9. The molecule has 1 aliphatic carbocycles. The summed E-state index contributed by atoms with van der Waals surface area (Å²) < 4.78 is 8.24. The van der Waals surface area contributed by atoms with Gasteiger partial charge in [-0.2, -0.15) is 0 Å². The second-order valence-corrected chi connectivity index (χ2v) is 10.9. The Bertz CT molecular complexity index is 1120. The number of unbranched alkanes of at least 4 members (excludes halogenated alkanes) is 1. The summed E-state index contributed by atoms with van der Waals surface area (Å²) in [4.78, 5) is 27.2. The summed E-state index contributed by atoms with van der Waals surface area (Å²) in [6.45, 7) is 9.16. The number of nitrogens with zero attached hydrogens (tertiary/aromatic N) is 5. The molecular weight excluding hydrogens is 456 g/mol. The highest BCUT2D eigenvalue weighted by Gasteiger charge is 2.29. The molecule has 1 saturated heterocycles. The molecule has 1 aliphatic heterocycles. The number of carbonyl (C=O) groups is 1. The number of likely N-dealkylation sites (N-methyl/N-ethyl adjacent to an activating group) is 1. The van der Waals surface area contributed by atoms with Gasteiger partial charge in [-0.25, -0.2) is 19.7 Å². The van der Waals surface area contributed by atoms with Crippen LogP contribution in [0.1, 0.15) is 65.5 Å². The molecule has 0 spiro atoms. The predicted molar refractivity (Wildman–Crippen MR) is 141 cm³/mol. The van der Waals surface area contributed by atoms with Crippen molar-refractivity contribution in [3.63, 3.8) is 0 Å². The molecule has 2 aromatic heterocycles. The number of anilines is 1. The number of rotatable bonds is 9. The van der Waals surface area contributed by atoms with Crippen molar-refractivity contribution in [3.05, 3.63) is 36.1 Å². The van der Waals surface area contributed by atoms with Gasteiger partial charge >= 0.3 is 6.03 Å². The van der Waals surface area contributed by atoms with Crippen LogP contribution in [-0.4, -0.2) is 63.2 Å². The number of aromatic nitrogens is 4. The summed E-state index contributed by atoms with van der Waals surface area (Å²) in [6.07, 6.45) is 13.2. The highest BCUT2D eigenvalue weighted by atomic mass is 16.5. The minimum absolute atomic E-state index is 0.0831. The van der Waals surface area contributed by atoms with Crippen LogP contribution in [0, 0.1) is 5.41 Å². The zero-order valence-corrected chi connectivity index (χ0v) is 22.0. The maximum atomic E-state index is 12.2. The number of carbonyl (C=O) groups excluding carboxylic acids is 1. The van der Waals surface area contributed by atoms with Gasteiger partial charge in [0.05, 0.1) is 12.4 Å². The Labute approximate surface area is 213 Å². The summed E-state index contributed by atoms with van der Waals surface area (Å²) >= 11 is 0. The van der Waals surface area contributed by atoms with Crippen LogP contribution in [0.4, 0.5) is 10.6 Å². The van der Waals surface area contributed by atoms with Gasteiger partial charge in [0.15, 0.2) is 11.5 Å². The predicted octanol–water partition coefficient (Wildman–Crippen LogP) is 3.75. The Morgan fingerprint density at radius 1 is 1.19 bits per heavy atom. The van der Waals surface area contributed by atoms with E-state index in [9.17, 15) is 4.79 Å². The van der Waals surface area contributed by atoms with Crippen molar-refractivity contribution in [1.29, 1.82) is 0 Å². The normalized spacial score (nSPS) is 20.5. The third kappa shape index (κ3) is 6.61. The van der Waals surface area contributed by atoms with Gasteiger partial charge in [0.1, 0.15) is 18.1 Å². The second kappa shape index (κ2) is 11.4. The molecule has 0 saturated carbocycles. The van der Waals surface area contributed by atoms with E-state index >= 15 is 0 Å². The van der Waals surface area contributed by atoms with Crippen LogP contribution in [0.25, 0.3) is 11.2 Å². The molecular formula is C26H40N8O2. The van der Waals surface area contributed by atoms with E-state index in [0.29, 0.717) is 23.5 Å². The highest BCUT2D eigenvalue weighted by Crippen LogP contribution is 2.33. The lowest BCUT2D eigenvalue weighted by Crippen LogP contribution is -2.36. The number of nitrogen functional groups attached to an aromatic ring is 1. The molecule has 4 rings (SSSR count). The van der Waals surface area contributed by atoms with Crippen LogP contribution in [0.5, 0.6) is 0 Å². The molecule has 36 heavy (non-hydrogen) atoms. The maximum Gasteiger partial charge on any atom is 0.318 e. The average molecular weight is 497 g/mol. The van der Waals surface area contributed by atoms with E-state index in [1.54, 1.807) is 6.33 Å². The smallest absolute Gasteiger partial charge is 0.318 e. The van der Waals surface area contributed by atoms with Crippen molar-refractivity contribution >= 4 is 23.0 Å². The van der Waals surface area contributed by atoms with E-state index in [0.717, 1.165) is 57.3 Å². The number of fused-ring (bicyclic) bond motifs is 1. The number of allylic oxidation sites excluding steroid dienone is 4. The Morgan fingerprint density at radius 2 is 2.03 bits per heavy atom. The minimum atomic E-state index is -0.119. The van der Waals surface area contributed by atoms with Crippen LogP contribution < -0.4 is 16.4 Å². The van der Waals surface area contributed by atoms with Gasteiger partial charge in [-0.15, -0.1) is 0 Å². The Morgan fingerprint density at radius 3 is 2.78 bits per heavy atom. The standard InChI is InChI=1S/C26H40N8O2/c1-26(2,3)18-7-9-19(10-8-18)32-25(35)28-13-5-6-14-33(4)15-20-11-12-21(36-20)34-17-31-22-23(27)29-16-30-24(22)34/h7,9,16-17,20-21H,5-6,8,10-15H2,1-4H3,(H2,27,29,30)(H2,28,32,35). The largest absolute Gasteiger partial charge is 0.382 e. The van der Waals surface area contributed by atoms with Crippen LogP contribution in [0.15, 0.2) is 36.1 Å². The van der Waals surface area contributed by atoms with Crippen LogP contribution in [-0.2, 0) is 4.74 Å². The van der Waals surface area contributed by atoms with Crippen LogP contribution in [0.2, 0.25) is 0 Å². The van der Waals surface area contributed by atoms with Crippen LogP contribution >= 0.6 is 0 Å². The zero-order valence-electron chi connectivity index (χ0n) is 22.0. The summed E-state index contributed by atoms with van der Waals surface area (Å²) in [5.41, 5.74) is 9.81. The average Bonchev–Trinajstić information content (AvgIpc) is 3.46. The number of amides is 2. The fourth-order valence-electron chi connectivity index (χ4n) is 4.81. The quantitative estimate of drug-likeness (QED) is 0.452. The number of hydrogen-bond acceptors (Lipinski definition) is 7. The van der Waals surface area contributed by atoms with Gasteiger partial charge in [-0.1, -0.05) is 32.4 Å². The number of ether oxygens (including phenoxy) is 1. The van der Waals surface area contributed by atoms with E-state index in [-0.39, 0.29) is 23.8 Å². The Kier molecular flexibility index (Phi) is 8.25. The van der Waals surface area contributed by atoms with Crippen molar-refractivity contribution in [1.82, 2.24) is 35.1 Å². The van der Waals surface area contributed by atoms with E-state index in [1.807, 2.05) is 10.6 Å². The van der Waals surface area contributed by atoms with Gasteiger partial charge in [0.25, 0.3) is 0 Å². The summed E-state index contributed by atoms with van der Waals surface area (Å²) in [5, 5.41) is 5.96. The lowest BCUT2D eigenvalue weighted by atomic mass is 9.81. The molecule has 196 valence electrons. The van der Waals surface area contributed by atoms with Crippen molar-refractivity contribution < 1.29 is 9.53 Å². The molecule has 3 heterocycles. The second-order valence-electron chi connectivity index (χ2n) is 10.9. The first kappa shape index (κ1) is 26.1. The van der Waals surface area contributed by atoms with Gasteiger partial charge in [0, 0.05) is 18.8 Å². The monoisotopic (exact) mass is 496 g/mol. The highest BCUT2D eigenvalue weighted by molar-refractivity contribution is 5.81. The summed E-state index contributed by atoms with van der Waals surface area (Å²) in [6, 6.07) is -0.119. The molecule has 0 radical (unpaired) electrons. The number of nitrogens with one attached hydrogen (secondary N) is 2. The van der Waals surface area contributed by atoms with Crippen molar-refractivity contribution in [2.75, 3.05) is 32.4 Å². The molecule has 2 aliphatic rings. The molecule has 2 amide bonds. The number of nitrogens with two attached hydrogens (primary N) is 1. The Balaban J connectivity index is 1.11. The van der Waals surface area contributed by atoms with E-state index < -0.39 is 0 Å². The van der Waals surface area contributed by atoms with Crippen LogP contribution in [0.3, 0.4) is 0 Å². The first-order valence-corrected chi connectivity index (χ1v) is 12.9. The molecule has 2 atom stereocenters. The van der Waals surface area contributed by atoms with Crippen molar-refractivity contribution in [2.45, 2.75) is 71.6 Å². The van der Waals surface area contributed by atoms with Gasteiger partial charge < -0.3 is 26.0 Å². The van der Waals surface area contributed by atoms with Gasteiger partial charge in [0.2, 0.25) is 0 Å². The fourth-order valence-corrected chi connectivity index (χ4v) is 4.81. The molecule has 2 unspecified atom stereocenters. The van der Waals surface area contributed by atoms with E-state index in [1.165, 1.54) is 11.9 Å². The zero-order chi connectivity index (χ0) is 25.7. The first-order chi connectivity index (χ1) is 17.2. The molecule has 2 aromatic rings. The molecule has 10 heteroatoms. The third-order valence-electron chi connectivity index (χ3n) is 6.94. The minimum Gasteiger partial charge on any atom is -0.382 e. The van der Waals surface area contributed by atoms with Crippen molar-refractivity contribution in [2.24, 2.45) is 5.41 Å². The molecule has 0 aromatic carbocycles. The molecule has 10 nitrogen and oxygen atoms in total. The lowest BCUT2D eigenvalue weighted by Gasteiger charge is -2.26. The number of hydrogen-bond donors (Lipinski definition) is 3. The molecule has 1 fully saturated rings. The molecule has 4 N–H and O–H groups in total. The van der Waals surface area contributed by atoms with E-state index in [4.69, 9.17) is 10.5 Å². The topological polar surface area (TPSA) is 123 Å². The van der Waals surface area contributed by atoms with Gasteiger partial charge in [-0.05, 0) is 63.6 Å². The maximum absolute atomic E-state index is 12.2. The van der Waals surface area contributed by atoms with Crippen molar-refractivity contribution in [3.8, 4) is 0 Å². The SMILES string of the molecule is CN(CCCCNC(=O)NC1=CC=C(C(C)(C)C)CC1)CC1CCC(n2cnc3c(N)ncnc32)O1. The fraction of sp³-hybridized carbons (Fsp3) is 0.615. The lowest BCUT2D eigenvalue weighted by molar-refractivity contribution is -0.00854.